The number of ether oxygens (including phenoxy) is 2. The Morgan fingerprint density at radius 3 is 1.89 bits per heavy atom. The summed E-state index contributed by atoms with van der Waals surface area (Å²) >= 11 is 0. The molecule has 0 amide bonds. The SMILES string of the molecule is CCCCC1OC2CC/C=C\CC/C=C\CCC2O1. The smallest absolute Gasteiger partial charge is 0.158 e. The molecule has 108 valence electrons. The molecule has 0 aromatic heterocycles. The third kappa shape index (κ3) is 5.12. The average molecular weight is 264 g/mol. The Kier molecular flexibility index (Phi) is 6.66. The molecular formula is C17H28O2. The van der Waals surface area contributed by atoms with Crippen molar-refractivity contribution in [1.29, 1.82) is 0 Å². The maximum Gasteiger partial charge on any atom is 0.158 e. The van der Waals surface area contributed by atoms with Crippen LogP contribution in [0.15, 0.2) is 24.3 Å². The van der Waals surface area contributed by atoms with Gasteiger partial charge >= 0.3 is 0 Å². The summed E-state index contributed by atoms with van der Waals surface area (Å²) in [5.41, 5.74) is 0. The van der Waals surface area contributed by atoms with Crippen molar-refractivity contribution in [2.45, 2.75) is 83.2 Å². The Labute approximate surface area is 117 Å². The predicted octanol–water partition coefficient (Wildman–Crippen LogP) is 4.75. The highest BCUT2D eigenvalue weighted by Gasteiger charge is 2.34. The van der Waals surface area contributed by atoms with Crippen LogP contribution in [-0.2, 0) is 9.47 Å². The molecule has 1 saturated heterocycles. The van der Waals surface area contributed by atoms with Crippen LogP contribution >= 0.6 is 0 Å². The zero-order chi connectivity index (χ0) is 13.3. The highest BCUT2D eigenvalue weighted by atomic mass is 16.7. The van der Waals surface area contributed by atoms with Gasteiger partial charge in [-0.15, -0.1) is 0 Å². The topological polar surface area (TPSA) is 18.5 Å². The Morgan fingerprint density at radius 1 is 0.842 bits per heavy atom. The van der Waals surface area contributed by atoms with E-state index in [2.05, 4.69) is 31.2 Å². The molecule has 2 nitrogen and oxygen atoms in total. The van der Waals surface area contributed by atoms with Gasteiger partial charge in [0.1, 0.15) is 0 Å². The molecule has 1 aliphatic heterocycles. The Balaban J connectivity index is 1.87. The second kappa shape index (κ2) is 8.55. The third-order valence-electron chi connectivity index (χ3n) is 3.93. The molecule has 0 radical (unpaired) electrons. The zero-order valence-corrected chi connectivity index (χ0v) is 12.2. The van der Waals surface area contributed by atoms with E-state index < -0.39 is 0 Å². The maximum absolute atomic E-state index is 6.09. The summed E-state index contributed by atoms with van der Waals surface area (Å²) in [5, 5.41) is 0. The monoisotopic (exact) mass is 264 g/mol. The number of allylic oxidation sites excluding steroid dienone is 4. The first-order valence-electron chi connectivity index (χ1n) is 8.01. The first kappa shape index (κ1) is 14.8. The molecule has 0 aromatic carbocycles. The number of fused-ring (bicyclic) bond motifs is 1. The summed E-state index contributed by atoms with van der Waals surface area (Å²) in [6, 6.07) is 0. The minimum absolute atomic E-state index is 0.0491. The molecule has 0 N–H and O–H groups in total. The summed E-state index contributed by atoms with van der Waals surface area (Å²) in [5.74, 6) is 0. The van der Waals surface area contributed by atoms with Gasteiger partial charge in [0.15, 0.2) is 6.29 Å². The van der Waals surface area contributed by atoms with E-state index in [1.165, 1.54) is 25.7 Å². The number of rotatable bonds is 3. The molecule has 0 bridgehead atoms. The van der Waals surface area contributed by atoms with Crippen molar-refractivity contribution in [3.8, 4) is 0 Å². The molecule has 0 saturated carbocycles. The van der Waals surface area contributed by atoms with Gasteiger partial charge in [0, 0.05) is 0 Å². The fourth-order valence-electron chi connectivity index (χ4n) is 2.80. The molecular weight excluding hydrogens is 236 g/mol. The zero-order valence-electron chi connectivity index (χ0n) is 12.2. The summed E-state index contributed by atoms with van der Waals surface area (Å²) in [6.07, 6.45) is 20.1. The minimum Gasteiger partial charge on any atom is -0.347 e. The first-order valence-corrected chi connectivity index (χ1v) is 8.01. The van der Waals surface area contributed by atoms with Crippen LogP contribution in [0.3, 0.4) is 0 Å². The maximum atomic E-state index is 6.09. The van der Waals surface area contributed by atoms with E-state index in [0.717, 1.165) is 32.1 Å². The van der Waals surface area contributed by atoms with Gasteiger partial charge in [-0.3, -0.25) is 0 Å². The molecule has 1 aliphatic carbocycles. The van der Waals surface area contributed by atoms with Crippen molar-refractivity contribution in [2.24, 2.45) is 0 Å². The lowest BCUT2D eigenvalue weighted by molar-refractivity contribution is -0.0723. The summed E-state index contributed by atoms with van der Waals surface area (Å²) in [6.45, 7) is 2.22. The normalized spacial score (nSPS) is 35.9. The van der Waals surface area contributed by atoms with Crippen LogP contribution in [0.1, 0.15) is 64.7 Å². The van der Waals surface area contributed by atoms with Crippen LogP contribution in [0.4, 0.5) is 0 Å². The van der Waals surface area contributed by atoms with E-state index in [-0.39, 0.29) is 6.29 Å². The lowest BCUT2D eigenvalue weighted by atomic mass is 10.0. The molecule has 19 heavy (non-hydrogen) atoms. The van der Waals surface area contributed by atoms with E-state index in [4.69, 9.17) is 9.47 Å². The van der Waals surface area contributed by atoms with Crippen LogP contribution in [0.2, 0.25) is 0 Å². The van der Waals surface area contributed by atoms with Gasteiger partial charge in [-0.1, -0.05) is 37.6 Å². The summed E-state index contributed by atoms with van der Waals surface area (Å²) in [4.78, 5) is 0. The molecule has 0 aromatic rings. The number of hydrogen-bond donors (Lipinski definition) is 0. The van der Waals surface area contributed by atoms with E-state index in [1.807, 2.05) is 0 Å². The average Bonchev–Trinajstić information content (AvgIpc) is 2.79. The van der Waals surface area contributed by atoms with Crippen molar-refractivity contribution < 1.29 is 9.47 Å². The van der Waals surface area contributed by atoms with Crippen molar-refractivity contribution in [3.63, 3.8) is 0 Å². The fraction of sp³-hybridized carbons (Fsp3) is 0.765. The quantitative estimate of drug-likeness (QED) is 0.685. The lowest BCUT2D eigenvalue weighted by Crippen LogP contribution is -2.22. The second-order valence-electron chi connectivity index (χ2n) is 5.60. The molecule has 2 heteroatoms. The van der Waals surface area contributed by atoms with Crippen molar-refractivity contribution in [1.82, 2.24) is 0 Å². The Hall–Kier alpha value is -0.600. The van der Waals surface area contributed by atoms with Gasteiger partial charge in [0.2, 0.25) is 0 Å². The van der Waals surface area contributed by atoms with Crippen molar-refractivity contribution >= 4 is 0 Å². The molecule has 1 fully saturated rings. The van der Waals surface area contributed by atoms with Crippen LogP contribution < -0.4 is 0 Å². The summed E-state index contributed by atoms with van der Waals surface area (Å²) < 4.78 is 12.2. The van der Waals surface area contributed by atoms with Crippen LogP contribution in [0, 0.1) is 0 Å². The van der Waals surface area contributed by atoms with Gasteiger partial charge in [-0.25, -0.2) is 0 Å². The van der Waals surface area contributed by atoms with Gasteiger partial charge in [0.25, 0.3) is 0 Å². The highest BCUT2D eigenvalue weighted by molar-refractivity contribution is 4.92. The minimum atomic E-state index is 0.0491. The molecule has 2 atom stereocenters. The van der Waals surface area contributed by atoms with Crippen LogP contribution in [0.25, 0.3) is 0 Å². The lowest BCUT2D eigenvalue weighted by Gasteiger charge is -2.15. The molecule has 0 spiro atoms. The van der Waals surface area contributed by atoms with E-state index >= 15 is 0 Å². The van der Waals surface area contributed by atoms with Crippen LogP contribution in [0.5, 0.6) is 0 Å². The van der Waals surface area contributed by atoms with Gasteiger partial charge in [-0.2, -0.15) is 0 Å². The largest absolute Gasteiger partial charge is 0.347 e. The second-order valence-corrected chi connectivity index (χ2v) is 5.60. The molecule has 2 aliphatic rings. The van der Waals surface area contributed by atoms with Crippen molar-refractivity contribution in [2.75, 3.05) is 0 Å². The standard InChI is InChI=1S/C17H28O2/c1-2-3-14-17-18-15-12-10-8-6-4-5-7-9-11-13-16(15)19-17/h6-9,15-17H,2-5,10-14H2,1H3/b8-6-,9-7-. The predicted molar refractivity (Wildman–Crippen MR) is 79.0 cm³/mol. The van der Waals surface area contributed by atoms with E-state index in [1.54, 1.807) is 0 Å². The first-order chi connectivity index (χ1) is 9.40. The number of unbranched alkanes of at least 4 members (excludes halogenated alkanes) is 1. The van der Waals surface area contributed by atoms with Crippen molar-refractivity contribution in [3.05, 3.63) is 24.3 Å². The Morgan fingerprint density at radius 2 is 1.37 bits per heavy atom. The fourth-order valence-corrected chi connectivity index (χ4v) is 2.80. The van der Waals surface area contributed by atoms with E-state index in [0.29, 0.717) is 12.2 Å². The van der Waals surface area contributed by atoms with Gasteiger partial charge in [0.05, 0.1) is 12.2 Å². The highest BCUT2D eigenvalue weighted by Crippen LogP contribution is 2.29. The summed E-state index contributed by atoms with van der Waals surface area (Å²) in [7, 11) is 0. The van der Waals surface area contributed by atoms with Gasteiger partial charge < -0.3 is 9.47 Å². The Bertz CT molecular complexity index is 270. The third-order valence-corrected chi connectivity index (χ3v) is 3.93. The molecule has 2 rings (SSSR count). The van der Waals surface area contributed by atoms with E-state index in [9.17, 15) is 0 Å². The number of hydrogen-bond acceptors (Lipinski definition) is 2. The van der Waals surface area contributed by atoms with Crippen LogP contribution in [-0.4, -0.2) is 18.5 Å². The molecule has 1 heterocycles. The van der Waals surface area contributed by atoms with Gasteiger partial charge in [-0.05, 0) is 51.4 Å². The molecule has 2 unspecified atom stereocenters.